The van der Waals surface area contributed by atoms with Gasteiger partial charge in [0.15, 0.2) is 0 Å². The number of aromatic nitrogens is 1. The number of fused-ring (bicyclic) bond motifs is 1. The Bertz CT molecular complexity index is 1190. The monoisotopic (exact) mass is 496 g/mol. The van der Waals surface area contributed by atoms with Crippen LogP contribution in [0.5, 0.6) is 0 Å². The Balaban J connectivity index is 1.50. The average Bonchev–Trinajstić information content (AvgIpc) is 3.16. The number of rotatable bonds is 5. The molecule has 1 saturated heterocycles. The highest BCUT2D eigenvalue weighted by Gasteiger charge is 2.43. The summed E-state index contributed by atoms with van der Waals surface area (Å²) in [7, 11) is -3.86. The van der Waals surface area contributed by atoms with Gasteiger partial charge in [-0.3, -0.25) is 9.78 Å². The summed E-state index contributed by atoms with van der Waals surface area (Å²) in [6.07, 6.45) is -0.988. The van der Waals surface area contributed by atoms with E-state index >= 15 is 0 Å². The number of sulfonamides is 1. The fourth-order valence-electron chi connectivity index (χ4n) is 5.27. The van der Waals surface area contributed by atoms with Crippen molar-refractivity contribution in [2.75, 3.05) is 6.54 Å². The molecule has 0 amide bonds. The molecule has 1 aromatic carbocycles. The summed E-state index contributed by atoms with van der Waals surface area (Å²) in [5.74, 6) is -1.58. The van der Waals surface area contributed by atoms with E-state index in [1.165, 1.54) is 16.4 Å². The summed E-state index contributed by atoms with van der Waals surface area (Å²) in [6, 6.07) is 7.16. The predicted molar refractivity (Wildman–Crippen MR) is 119 cm³/mol. The van der Waals surface area contributed by atoms with E-state index in [1.807, 2.05) is 13.8 Å². The van der Waals surface area contributed by atoms with Gasteiger partial charge < -0.3 is 5.11 Å². The van der Waals surface area contributed by atoms with Crippen molar-refractivity contribution in [1.29, 1.82) is 0 Å². The number of alkyl halides is 3. The van der Waals surface area contributed by atoms with Gasteiger partial charge in [-0.2, -0.15) is 17.5 Å². The summed E-state index contributed by atoms with van der Waals surface area (Å²) >= 11 is 0. The van der Waals surface area contributed by atoms with Gasteiger partial charge in [0.1, 0.15) is 0 Å². The van der Waals surface area contributed by atoms with Crippen molar-refractivity contribution < 1.29 is 31.5 Å². The van der Waals surface area contributed by atoms with E-state index in [0.29, 0.717) is 43.4 Å². The SMILES string of the molecule is CC1(C)C[C@@H](Cc2ccc(C(F)(F)F)cn2)CCN1S(=O)(=O)c1ccc2c(c1)C(C(=O)O)CC2. The van der Waals surface area contributed by atoms with E-state index in [4.69, 9.17) is 0 Å². The van der Waals surface area contributed by atoms with Crippen LogP contribution in [-0.4, -0.2) is 40.9 Å². The number of aryl methyl sites for hydroxylation is 1. The fraction of sp³-hybridized carbons (Fsp3) is 0.500. The van der Waals surface area contributed by atoms with Crippen LogP contribution in [0, 0.1) is 5.92 Å². The maximum Gasteiger partial charge on any atom is 0.417 e. The average molecular weight is 497 g/mol. The molecule has 6 nitrogen and oxygen atoms in total. The number of hydrogen-bond acceptors (Lipinski definition) is 4. The summed E-state index contributed by atoms with van der Waals surface area (Å²) < 4.78 is 66.9. The molecule has 10 heteroatoms. The summed E-state index contributed by atoms with van der Waals surface area (Å²) in [6.45, 7) is 3.94. The minimum atomic E-state index is -4.44. The zero-order chi connectivity index (χ0) is 24.9. The number of piperidine rings is 1. The molecule has 2 atom stereocenters. The fourth-order valence-corrected chi connectivity index (χ4v) is 7.11. The minimum absolute atomic E-state index is 0.0714. The minimum Gasteiger partial charge on any atom is -0.481 e. The Morgan fingerprint density at radius 3 is 2.53 bits per heavy atom. The number of carboxylic acids is 1. The molecule has 2 heterocycles. The first kappa shape index (κ1) is 24.7. The number of aliphatic carboxylic acids is 1. The zero-order valence-corrected chi connectivity index (χ0v) is 19.8. The van der Waals surface area contributed by atoms with Crippen LogP contribution in [0.1, 0.15) is 61.4 Å². The standard InChI is InChI=1S/C24H27F3N2O4S/c1-23(2)13-15(11-18-6-5-17(14-28-18)24(25,26)27)9-10-29(23)34(32,33)19-7-3-16-4-8-20(22(30)31)21(16)12-19/h3,5-7,12,14-15,20H,4,8-11,13H2,1-2H3,(H,30,31)/t15-,20?/m1/s1. The van der Waals surface area contributed by atoms with Crippen molar-refractivity contribution in [3.8, 4) is 0 Å². The molecule has 2 aliphatic rings. The lowest BCUT2D eigenvalue weighted by molar-refractivity contribution is -0.139. The van der Waals surface area contributed by atoms with Crippen LogP contribution >= 0.6 is 0 Å². The van der Waals surface area contributed by atoms with Crippen LogP contribution in [0.4, 0.5) is 13.2 Å². The van der Waals surface area contributed by atoms with Gasteiger partial charge in [-0.05, 0) is 87.3 Å². The Morgan fingerprint density at radius 1 is 1.21 bits per heavy atom. The van der Waals surface area contributed by atoms with Gasteiger partial charge in [-0.1, -0.05) is 6.07 Å². The summed E-state index contributed by atoms with van der Waals surface area (Å²) in [5, 5.41) is 9.47. The molecule has 4 rings (SSSR count). The summed E-state index contributed by atoms with van der Waals surface area (Å²) in [4.78, 5) is 15.6. The van der Waals surface area contributed by atoms with Gasteiger partial charge >= 0.3 is 12.1 Å². The number of halogens is 3. The number of pyridine rings is 1. The molecule has 0 radical (unpaired) electrons. The third kappa shape index (κ3) is 4.70. The van der Waals surface area contributed by atoms with E-state index in [0.717, 1.165) is 17.8 Å². The van der Waals surface area contributed by atoms with Crippen LogP contribution in [0.25, 0.3) is 0 Å². The van der Waals surface area contributed by atoms with Crippen molar-refractivity contribution >= 4 is 16.0 Å². The second kappa shape index (κ2) is 8.64. The highest BCUT2D eigenvalue weighted by molar-refractivity contribution is 7.89. The molecule has 0 spiro atoms. The third-order valence-electron chi connectivity index (χ3n) is 6.93. The maximum absolute atomic E-state index is 13.5. The van der Waals surface area contributed by atoms with E-state index in [1.54, 1.807) is 12.1 Å². The van der Waals surface area contributed by atoms with Gasteiger partial charge in [0.2, 0.25) is 10.0 Å². The predicted octanol–water partition coefficient (Wildman–Crippen LogP) is 4.64. The van der Waals surface area contributed by atoms with Crippen LogP contribution < -0.4 is 0 Å². The highest BCUT2D eigenvalue weighted by atomic mass is 32.2. The van der Waals surface area contributed by atoms with E-state index in [2.05, 4.69) is 4.98 Å². The van der Waals surface area contributed by atoms with E-state index < -0.39 is 39.2 Å². The normalized spacial score (nSPS) is 23.0. The molecular weight excluding hydrogens is 469 g/mol. The second-order valence-electron chi connectivity index (χ2n) is 9.78. The Hall–Kier alpha value is -2.46. The molecule has 0 saturated carbocycles. The highest BCUT2D eigenvalue weighted by Crippen LogP contribution is 2.40. The van der Waals surface area contributed by atoms with Crippen molar-refractivity contribution in [2.45, 2.75) is 68.5 Å². The van der Waals surface area contributed by atoms with E-state index in [9.17, 15) is 31.5 Å². The number of benzene rings is 1. The van der Waals surface area contributed by atoms with Crippen LogP contribution in [-0.2, 0) is 33.8 Å². The van der Waals surface area contributed by atoms with Crippen LogP contribution in [0.15, 0.2) is 41.4 Å². The molecule has 1 unspecified atom stereocenters. The lowest BCUT2D eigenvalue weighted by Gasteiger charge is -2.44. The lowest BCUT2D eigenvalue weighted by atomic mass is 9.82. The Labute approximate surface area is 196 Å². The Morgan fingerprint density at radius 2 is 1.94 bits per heavy atom. The van der Waals surface area contributed by atoms with Crippen molar-refractivity contribution in [3.63, 3.8) is 0 Å². The lowest BCUT2D eigenvalue weighted by Crippen LogP contribution is -2.52. The molecular formula is C24H27F3N2O4S. The number of carboxylic acid groups (broad SMARTS) is 1. The number of hydrogen-bond donors (Lipinski definition) is 1. The number of nitrogens with zero attached hydrogens (tertiary/aromatic N) is 2. The molecule has 1 N–H and O–H groups in total. The smallest absolute Gasteiger partial charge is 0.417 e. The molecule has 34 heavy (non-hydrogen) atoms. The van der Waals surface area contributed by atoms with E-state index in [-0.39, 0.29) is 17.4 Å². The van der Waals surface area contributed by atoms with Crippen LogP contribution in [0.2, 0.25) is 0 Å². The molecule has 2 aromatic rings. The quantitative estimate of drug-likeness (QED) is 0.652. The van der Waals surface area contributed by atoms with Gasteiger partial charge in [0.05, 0.1) is 16.4 Å². The first-order valence-electron chi connectivity index (χ1n) is 11.2. The first-order valence-corrected chi connectivity index (χ1v) is 12.6. The molecule has 0 bridgehead atoms. The molecule has 184 valence electrons. The van der Waals surface area contributed by atoms with Crippen molar-refractivity contribution in [1.82, 2.24) is 9.29 Å². The first-order chi connectivity index (χ1) is 15.8. The number of carbonyl (C=O) groups is 1. The Kier molecular flexibility index (Phi) is 6.27. The van der Waals surface area contributed by atoms with Gasteiger partial charge in [-0.25, -0.2) is 8.42 Å². The van der Waals surface area contributed by atoms with Crippen molar-refractivity contribution in [3.05, 3.63) is 58.9 Å². The molecule has 1 aliphatic carbocycles. The van der Waals surface area contributed by atoms with Crippen molar-refractivity contribution in [2.24, 2.45) is 5.92 Å². The zero-order valence-electron chi connectivity index (χ0n) is 19.0. The maximum atomic E-state index is 13.5. The molecule has 1 aromatic heterocycles. The van der Waals surface area contributed by atoms with Gasteiger partial charge in [0, 0.05) is 24.0 Å². The summed E-state index contributed by atoms with van der Waals surface area (Å²) in [5.41, 5.74) is 0.460. The molecule has 1 fully saturated rings. The van der Waals surface area contributed by atoms with Gasteiger partial charge in [-0.15, -0.1) is 0 Å². The second-order valence-corrected chi connectivity index (χ2v) is 11.6. The topological polar surface area (TPSA) is 87.6 Å². The molecule has 1 aliphatic heterocycles. The van der Waals surface area contributed by atoms with Gasteiger partial charge in [0.25, 0.3) is 0 Å². The third-order valence-corrected chi connectivity index (χ3v) is 9.04. The van der Waals surface area contributed by atoms with Crippen LogP contribution in [0.3, 0.4) is 0 Å². The largest absolute Gasteiger partial charge is 0.481 e.